The number of carbonyl (C=O) groups is 4. The van der Waals surface area contributed by atoms with E-state index in [0.717, 1.165) is 46.6 Å². The molecule has 2 aliphatic rings. The number of nitrogens with one attached hydrogen (secondary N) is 1. The van der Waals surface area contributed by atoms with E-state index < -0.39 is 30.3 Å². The van der Waals surface area contributed by atoms with Gasteiger partial charge in [-0.25, -0.2) is 9.69 Å². The minimum atomic E-state index is -0.912. The summed E-state index contributed by atoms with van der Waals surface area (Å²) in [4.78, 5) is 51.2. The summed E-state index contributed by atoms with van der Waals surface area (Å²) in [5.74, 6) is -2.18. The first kappa shape index (κ1) is 19.1. The van der Waals surface area contributed by atoms with Crippen molar-refractivity contribution in [3.8, 4) is 0 Å². The van der Waals surface area contributed by atoms with E-state index in [1.54, 1.807) is 0 Å². The number of hydrogen-bond donors (Lipinski definition) is 1. The van der Waals surface area contributed by atoms with Crippen molar-refractivity contribution in [2.45, 2.75) is 58.0 Å². The molecule has 1 aromatic rings. The van der Waals surface area contributed by atoms with Gasteiger partial charge in [0.1, 0.15) is 6.54 Å². The molecule has 3 rings (SSSR count). The van der Waals surface area contributed by atoms with Crippen molar-refractivity contribution < 1.29 is 19.2 Å². The van der Waals surface area contributed by atoms with Crippen molar-refractivity contribution in [3.05, 3.63) is 35.4 Å². The molecule has 27 heavy (non-hydrogen) atoms. The third-order valence-corrected chi connectivity index (χ3v) is 5.30. The number of imide groups is 2. The van der Waals surface area contributed by atoms with Crippen molar-refractivity contribution in [1.29, 1.82) is 0 Å². The van der Waals surface area contributed by atoms with Crippen LogP contribution in [-0.4, -0.2) is 46.1 Å². The van der Waals surface area contributed by atoms with Crippen molar-refractivity contribution in [3.63, 3.8) is 0 Å². The molecular formula is C20H25N3O4. The predicted octanol–water partition coefficient (Wildman–Crippen LogP) is 2.30. The second-order valence-corrected chi connectivity index (χ2v) is 7.23. The number of hydrogen-bond acceptors (Lipinski definition) is 4. The van der Waals surface area contributed by atoms with Crippen LogP contribution in [0, 0.1) is 6.92 Å². The Labute approximate surface area is 158 Å². The zero-order chi connectivity index (χ0) is 19.6. The zero-order valence-corrected chi connectivity index (χ0v) is 15.7. The van der Waals surface area contributed by atoms with E-state index in [9.17, 15) is 19.2 Å². The molecule has 0 unspecified atom stereocenters. The molecule has 0 bridgehead atoms. The highest BCUT2D eigenvalue weighted by Gasteiger charge is 2.48. The molecule has 1 N–H and O–H groups in total. The summed E-state index contributed by atoms with van der Waals surface area (Å²) in [6, 6.07) is 6.72. The highest BCUT2D eigenvalue weighted by molar-refractivity contribution is 6.45. The number of benzene rings is 1. The smallest absolute Gasteiger partial charge is 0.334 e. The van der Waals surface area contributed by atoms with Gasteiger partial charge in [-0.15, -0.1) is 0 Å². The molecule has 0 spiro atoms. The fourth-order valence-electron chi connectivity index (χ4n) is 3.75. The molecule has 1 aromatic carbocycles. The molecule has 0 radical (unpaired) electrons. The van der Waals surface area contributed by atoms with Gasteiger partial charge in [-0.1, -0.05) is 49.6 Å². The lowest BCUT2D eigenvalue weighted by atomic mass is 10.0. The molecular weight excluding hydrogens is 346 g/mol. The topological polar surface area (TPSA) is 86.8 Å². The maximum Gasteiger partial charge on any atom is 0.334 e. The number of amides is 5. The molecule has 1 aliphatic heterocycles. The number of urea groups is 1. The van der Waals surface area contributed by atoms with Crippen LogP contribution in [0.3, 0.4) is 0 Å². The van der Waals surface area contributed by atoms with Gasteiger partial charge in [0.15, 0.2) is 0 Å². The molecule has 1 saturated heterocycles. The number of nitrogens with zero attached hydrogens (tertiary/aromatic N) is 2. The maximum absolute atomic E-state index is 12.5. The summed E-state index contributed by atoms with van der Waals surface area (Å²) in [5, 5.41) is 2.85. The Morgan fingerprint density at radius 2 is 1.74 bits per heavy atom. The number of rotatable bonds is 6. The molecule has 1 aliphatic carbocycles. The van der Waals surface area contributed by atoms with E-state index in [-0.39, 0.29) is 12.1 Å². The van der Waals surface area contributed by atoms with Gasteiger partial charge >= 0.3 is 17.8 Å². The van der Waals surface area contributed by atoms with Crippen LogP contribution in [0.15, 0.2) is 24.3 Å². The van der Waals surface area contributed by atoms with Gasteiger partial charge in [0.25, 0.3) is 0 Å². The molecule has 1 saturated carbocycles. The lowest BCUT2D eigenvalue weighted by Crippen LogP contribution is -2.43. The quantitative estimate of drug-likeness (QED) is 0.614. The van der Waals surface area contributed by atoms with Crippen LogP contribution in [0.25, 0.3) is 0 Å². The van der Waals surface area contributed by atoms with Crippen molar-refractivity contribution in [2.24, 2.45) is 0 Å². The first-order valence-corrected chi connectivity index (χ1v) is 9.47. The lowest BCUT2D eigenvalue weighted by molar-refractivity contribution is -0.144. The van der Waals surface area contributed by atoms with Crippen molar-refractivity contribution in [2.75, 3.05) is 6.54 Å². The normalized spacial score (nSPS) is 19.1. The van der Waals surface area contributed by atoms with Gasteiger partial charge in [0, 0.05) is 6.04 Å². The Hall–Kier alpha value is -2.70. The Balaban J connectivity index is 1.65. The molecule has 144 valence electrons. The largest absolute Gasteiger partial charge is 0.348 e. The monoisotopic (exact) mass is 371 g/mol. The molecule has 5 amide bonds. The minimum absolute atomic E-state index is 0.215. The third-order valence-electron chi connectivity index (χ3n) is 5.30. The second kappa shape index (κ2) is 7.90. The summed E-state index contributed by atoms with van der Waals surface area (Å²) >= 11 is 0. The molecule has 1 heterocycles. The van der Waals surface area contributed by atoms with E-state index in [0.29, 0.717) is 6.42 Å². The van der Waals surface area contributed by atoms with Crippen LogP contribution in [0.5, 0.6) is 0 Å². The minimum Gasteiger partial charge on any atom is -0.348 e. The van der Waals surface area contributed by atoms with Crippen LogP contribution in [-0.2, 0) is 14.4 Å². The fourth-order valence-corrected chi connectivity index (χ4v) is 3.75. The van der Waals surface area contributed by atoms with Gasteiger partial charge in [0.05, 0.1) is 6.04 Å². The average molecular weight is 371 g/mol. The van der Waals surface area contributed by atoms with Gasteiger partial charge in [0.2, 0.25) is 5.91 Å². The van der Waals surface area contributed by atoms with E-state index in [4.69, 9.17) is 0 Å². The Morgan fingerprint density at radius 3 is 2.33 bits per heavy atom. The highest BCUT2D eigenvalue weighted by Crippen LogP contribution is 2.27. The predicted molar refractivity (Wildman–Crippen MR) is 98.6 cm³/mol. The molecule has 7 heteroatoms. The summed E-state index contributed by atoms with van der Waals surface area (Å²) in [6.07, 6.45) is 3.98. The number of aryl methyl sites for hydroxylation is 1. The Kier molecular flexibility index (Phi) is 5.58. The van der Waals surface area contributed by atoms with E-state index in [1.165, 1.54) is 0 Å². The summed E-state index contributed by atoms with van der Waals surface area (Å²) in [7, 11) is 0. The Bertz CT molecular complexity index is 753. The van der Waals surface area contributed by atoms with Gasteiger partial charge < -0.3 is 5.32 Å². The van der Waals surface area contributed by atoms with Crippen LogP contribution in [0.4, 0.5) is 4.79 Å². The summed E-state index contributed by atoms with van der Waals surface area (Å²) in [6.45, 7) is 3.50. The summed E-state index contributed by atoms with van der Waals surface area (Å²) in [5.41, 5.74) is 2.08. The van der Waals surface area contributed by atoms with Crippen LogP contribution in [0.2, 0.25) is 0 Å². The molecule has 1 atom stereocenters. The second-order valence-electron chi connectivity index (χ2n) is 7.23. The molecule has 2 fully saturated rings. The lowest BCUT2D eigenvalue weighted by Gasteiger charge is -2.22. The Morgan fingerprint density at radius 1 is 1.11 bits per heavy atom. The van der Waals surface area contributed by atoms with E-state index in [1.807, 2.05) is 38.1 Å². The van der Waals surface area contributed by atoms with Crippen LogP contribution >= 0.6 is 0 Å². The first-order valence-electron chi connectivity index (χ1n) is 9.47. The average Bonchev–Trinajstić information content (AvgIpc) is 3.24. The standard InChI is InChI=1S/C20H25N3O4/c1-3-16(14-10-8-13(2)9-11-14)21-17(24)12-22-18(25)19(26)23(20(22)27)15-6-4-5-7-15/h8-11,15-16H,3-7,12H2,1-2H3,(H,21,24)/t16-/m1/s1. The SMILES string of the molecule is CC[C@@H](NC(=O)CN1C(=O)C(=O)N(C2CCCC2)C1=O)c1ccc(C)cc1. The van der Waals surface area contributed by atoms with Gasteiger partial charge in [-0.3, -0.25) is 19.3 Å². The zero-order valence-electron chi connectivity index (χ0n) is 15.7. The van der Waals surface area contributed by atoms with Crippen LogP contribution < -0.4 is 5.32 Å². The fraction of sp³-hybridized carbons (Fsp3) is 0.500. The molecule has 0 aromatic heterocycles. The maximum atomic E-state index is 12.5. The summed E-state index contributed by atoms with van der Waals surface area (Å²) < 4.78 is 0. The van der Waals surface area contributed by atoms with Gasteiger partial charge in [-0.05, 0) is 31.7 Å². The number of carbonyl (C=O) groups excluding carboxylic acids is 4. The molecule has 7 nitrogen and oxygen atoms in total. The highest BCUT2D eigenvalue weighted by atomic mass is 16.2. The van der Waals surface area contributed by atoms with E-state index >= 15 is 0 Å². The van der Waals surface area contributed by atoms with Gasteiger partial charge in [-0.2, -0.15) is 0 Å². The van der Waals surface area contributed by atoms with E-state index in [2.05, 4.69) is 5.32 Å². The van der Waals surface area contributed by atoms with Crippen molar-refractivity contribution in [1.82, 2.24) is 15.1 Å². The first-order chi connectivity index (χ1) is 12.9. The van der Waals surface area contributed by atoms with Crippen molar-refractivity contribution >= 4 is 23.8 Å². The third kappa shape index (κ3) is 3.86. The van der Waals surface area contributed by atoms with Crippen LogP contribution in [0.1, 0.15) is 56.2 Å².